The molecule has 0 unspecified atom stereocenters. The zero-order valence-corrected chi connectivity index (χ0v) is 9.53. The van der Waals surface area contributed by atoms with E-state index in [1.165, 1.54) is 5.56 Å². The van der Waals surface area contributed by atoms with Crippen molar-refractivity contribution in [1.82, 2.24) is 0 Å². The Labute approximate surface area is 90.9 Å². The molecule has 1 aromatic carbocycles. The van der Waals surface area contributed by atoms with E-state index in [2.05, 4.69) is 13.8 Å². The lowest BCUT2D eigenvalue weighted by Crippen LogP contribution is -2.09. The molecule has 0 heterocycles. The lowest BCUT2D eigenvalue weighted by Gasteiger charge is -2.07. The number of aliphatic hydroxyl groups is 1. The van der Waals surface area contributed by atoms with Crippen molar-refractivity contribution in [2.75, 3.05) is 0 Å². The molecule has 0 aromatic heterocycles. The summed E-state index contributed by atoms with van der Waals surface area (Å²) in [6.07, 6.45) is -0.372. The minimum Gasteiger partial charge on any atom is -0.393 e. The molecule has 2 nitrogen and oxygen atoms in total. The molecule has 0 aliphatic heterocycles. The van der Waals surface area contributed by atoms with Gasteiger partial charge >= 0.3 is 0 Å². The Bertz CT molecular complexity index is 323. The zero-order valence-electron chi connectivity index (χ0n) is 9.53. The Morgan fingerprint density at radius 1 is 1.20 bits per heavy atom. The topological polar surface area (TPSA) is 37.3 Å². The molecule has 0 saturated heterocycles. The number of aliphatic hydroxyl groups excluding tert-OH is 1. The molecule has 0 amide bonds. The number of rotatable bonds is 4. The monoisotopic (exact) mass is 206 g/mol. The second-order valence-corrected chi connectivity index (χ2v) is 4.25. The number of carbonyl (C=O) groups excluding carboxylic acids is 1. The highest BCUT2D eigenvalue weighted by Crippen LogP contribution is 2.15. The summed E-state index contributed by atoms with van der Waals surface area (Å²) in [4.78, 5) is 11.6. The van der Waals surface area contributed by atoms with Crippen LogP contribution in [-0.4, -0.2) is 17.0 Å². The summed E-state index contributed by atoms with van der Waals surface area (Å²) in [5, 5.41) is 9.11. The third-order valence-electron chi connectivity index (χ3n) is 2.38. The first-order valence-electron chi connectivity index (χ1n) is 5.32. The van der Waals surface area contributed by atoms with Crippen molar-refractivity contribution in [3.63, 3.8) is 0 Å². The predicted molar refractivity (Wildman–Crippen MR) is 61.2 cm³/mol. The van der Waals surface area contributed by atoms with Gasteiger partial charge in [-0.3, -0.25) is 4.79 Å². The van der Waals surface area contributed by atoms with Crippen LogP contribution in [0.1, 0.15) is 49.0 Å². The number of hydrogen-bond acceptors (Lipinski definition) is 2. The van der Waals surface area contributed by atoms with Gasteiger partial charge in [-0.1, -0.05) is 38.1 Å². The maximum absolute atomic E-state index is 11.6. The SMILES string of the molecule is CC(C)c1ccc(C(=O)C[C@H](C)O)cc1. The van der Waals surface area contributed by atoms with E-state index >= 15 is 0 Å². The van der Waals surface area contributed by atoms with Gasteiger partial charge < -0.3 is 5.11 Å². The molecule has 1 aromatic rings. The van der Waals surface area contributed by atoms with Gasteiger partial charge in [0.2, 0.25) is 0 Å². The van der Waals surface area contributed by atoms with Gasteiger partial charge in [-0.2, -0.15) is 0 Å². The molecule has 0 fully saturated rings. The van der Waals surface area contributed by atoms with E-state index in [4.69, 9.17) is 5.11 Å². The minimum atomic E-state index is -0.567. The van der Waals surface area contributed by atoms with Gasteiger partial charge in [0.25, 0.3) is 0 Å². The third-order valence-corrected chi connectivity index (χ3v) is 2.38. The molecule has 0 aliphatic rings. The highest BCUT2D eigenvalue weighted by molar-refractivity contribution is 5.96. The normalized spacial score (nSPS) is 12.9. The number of carbonyl (C=O) groups is 1. The molecule has 1 N–H and O–H groups in total. The quantitative estimate of drug-likeness (QED) is 0.769. The maximum atomic E-state index is 11.6. The molecule has 1 atom stereocenters. The Hall–Kier alpha value is -1.15. The van der Waals surface area contributed by atoms with E-state index in [0.29, 0.717) is 11.5 Å². The van der Waals surface area contributed by atoms with Crippen LogP contribution in [0.4, 0.5) is 0 Å². The van der Waals surface area contributed by atoms with Crippen molar-refractivity contribution in [1.29, 1.82) is 0 Å². The van der Waals surface area contributed by atoms with Gasteiger partial charge in [-0.05, 0) is 18.4 Å². The fraction of sp³-hybridized carbons (Fsp3) is 0.462. The standard InChI is InChI=1S/C13H18O2/c1-9(2)11-4-6-12(7-5-11)13(15)8-10(3)14/h4-7,9-10,14H,8H2,1-3H3/t10-/m0/s1. The van der Waals surface area contributed by atoms with Crippen LogP contribution < -0.4 is 0 Å². The van der Waals surface area contributed by atoms with E-state index < -0.39 is 6.10 Å². The van der Waals surface area contributed by atoms with Crippen LogP contribution in [0.15, 0.2) is 24.3 Å². The average molecular weight is 206 g/mol. The molecular formula is C13H18O2. The maximum Gasteiger partial charge on any atom is 0.165 e. The van der Waals surface area contributed by atoms with Crippen LogP contribution in [-0.2, 0) is 0 Å². The molecule has 82 valence electrons. The van der Waals surface area contributed by atoms with Crippen LogP contribution >= 0.6 is 0 Å². The molecule has 0 saturated carbocycles. The Morgan fingerprint density at radius 2 is 1.73 bits per heavy atom. The number of hydrogen-bond donors (Lipinski definition) is 1. The second-order valence-electron chi connectivity index (χ2n) is 4.25. The van der Waals surface area contributed by atoms with Crippen molar-refractivity contribution >= 4 is 5.78 Å². The fourth-order valence-electron chi connectivity index (χ4n) is 1.44. The third kappa shape index (κ3) is 3.48. The summed E-state index contributed by atoms with van der Waals surface area (Å²) in [7, 11) is 0. The first kappa shape index (κ1) is 11.9. The molecule has 0 radical (unpaired) electrons. The Kier molecular flexibility index (Phi) is 4.04. The molecular weight excluding hydrogens is 188 g/mol. The van der Waals surface area contributed by atoms with E-state index in [-0.39, 0.29) is 12.2 Å². The first-order chi connectivity index (χ1) is 7.00. The van der Waals surface area contributed by atoms with E-state index in [9.17, 15) is 4.79 Å². The molecule has 2 heteroatoms. The average Bonchev–Trinajstić information content (AvgIpc) is 2.17. The Morgan fingerprint density at radius 3 is 2.13 bits per heavy atom. The first-order valence-corrected chi connectivity index (χ1v) is 5.32. The summed E-state index contributed by atoms with van der Waals surface area (Å²) in [6.45, 7) is 5.86. The smallest absolute Gasteiger partial charge is 0.165 e. The van der Waals surface area contributed by atoms with Gasteiger partial charge in [0.1, 0.15) is 0 Å². The minimum absolute atomic E-state index is 0.000283. The number of ketones is 1. The van der Waals surface area contributed by atoms with Crippen LogP contribution in [0.3, 0.4) is 0 Å². The van der Waals surface area contributed by atoms with Gasteiger partial charge in [0, 0.05) is 12.0 Å². The van der Waals surface area contributed by atoms with Crippen LogP contribution in [0.5, 0.6) is 0 Å². The van der Waals surface area contributed by atoms with E-state index in [1.54, 1.807) is 6.92 Å². The van der Waals surface area contributed by atoms with Crippen LogP contribution in [0, 0.1) is 0 Å². The summed E-state index contributed by atoms with van der Waals surface area (Å²) in [6, 6.07) is 7.61. The lowest BCUT2D eigenvalue weighted by atomic mass is 9.99. The van der Waals surface area contributed by atoms with Crippen LogP contribution in [0.25, 0.3) is 0 Å². The van der Waals surface area contributed by atoms with Crippen molar-refractivity contribution in [2.24, 2.45) is 0 Å². The summed E-state index contributed by atoms with van der Waals surface area (Å²) in [5.41, 5.74) is 1.91. The number of benzene rings is 1. The lowest BCUT2D eigenvalue weighted by molar-refractivity contribution is 0.0901. The molecule has 0 bridgehead atoms. The van der Waals surface area contributed by atoms with Gasteiger partial charge in [0.15, 0.2) is 5.78 Å². The summed E-state index contributed by atoms with van der Waals surface area (Å²) < 4.78 is 0. The molecule has 15 heavy (non-hydrogen) atoms. The van der Waals surface area contributed by atoms with Crippen molar-refractivity contribution in [3.05, 3.63) is 35.4 Å². The van der Waals surface area contributed by atoms with E-state index in [0.717, 1.165) is 0 Å². The highest BCUT2D eigenvalue weighted by atomic mass is 16.3. The Balaban J connectivity index is 2.75. The fourth-order valence-corrected chi connectivity index (χ4v) is 1.44. The van der Waals surface area contributed by atoms with Gasteiger partial charge in [-0.25, -0.2) is 0 Å². The van der Waals surface area contributed by atoms with Crippen LogP contribution in [0.2, 0.25) is 0 Å². The van der Waals surface area contributed by atoms with Crippen molar-refractivity contribution in [3.8, 4) is 0 Å². The number of Topliss-reactive ketones (excluding diaryl/α,β-unsaturated/α-hetero) is 1. The van der Waals surface area contributed by atoms with Gasteiger partial charge in [-0.15, -0.1) is 0 Å². The predicted octanol–water partition coefficient (Wildman–Crippen LogP) is 2.76. The molecule has 0 spiro atoms. The van der Waals surface area contributed by atoms with Crippen molar-refractivity contribution in [2.45, 2.75) is 39.2 Å². The molecule has 0 aliphatic carbocycles. The molecule has 1 rings (SSSR count). The largest absolute Gasteiger partial charge is 0.393 e. The van der Waals surface area contributed by atoms with E-state index in [1.807, 2.05) is 24.3 Å². The highest BCUT2D eigenvalue weighted by Gasteiger charge is 2.09. The summed E-state index contributed by atoms with van der Waals surface area (Å²) in [5.74, 6) is 0.478. The zero-order chi connectivity index (χ0) is 11.4. The van der Waals surface area contributed by atoms with Gasteiger partial charge in [0.05, 0.1) is 6.10 Å². The second kappa shape index (κ2) is 5.08. The van der Waals surface area contributed by atoms with Crippen molar-refractivity contribution < 1.29 is 9.90 Å². The summed E-state index contributed by atoms with van der Waals surface area (Å²) >= 11 is 0.